The molecule has 2 aromatic rings. The SMILES string of the molecule is Cc1ccc(OCC(C)NC(=O)COc2c(C)nn(C)c2C)cc1. The second-order valence-electron chi connectivity index (χ2n) is 6.00. The van der Waals surface area contributed by atoms with E-state index in [2.05, 4.69) is 10.4 Å². The quantitative estimate of drug-likeness (QED) is 0.845. The predicted molar refractivity (Wildman–Crippen MR) is 92.5 cm³/mol. The zero-order valence-corrected chi connectivity index (χ0v) is 14.9. The van der Waals surface area contributed by atoms with E-state index in [1.54, 1.807) is 4.68 Å². The smallest absolute Gasteiger partial charge is 0.258 e. The lowest BCUT2D eigenvalue weighted by Crippen LogP contribution is -2.39. The summed E-state index contributed by atoms with van der Waals surface area (Å²) in [4.78, 5) is 12.0. The minimum Gasteiger partial charge on any atom is -0.491 e. The molecule has 0 saturated carbocycles. The van der Waals surface area contributed by atoms with Gasteiger partial charge in [0.15, 0.2) is 12.4 Å². The van der Waals surface area contributed by atoms with E-state index in [-0.39, 0.29) is 18.6 Å². The van der Waals surface area contributed by atoms with Gasteiger partial charge in [0.2, 0.25) is 0 Å². The van der Waals surface area contributed by atoms with E-state index in [0.717, 1.165) is 17.1 Å². The van der Waals surface area contributed by atoms with E-state index in [1.165, 1.54) is 5.56 Å². The van der Waals surface area contributed by atoms with Crippen molar-refractivity contribution in [2.45, 2.75) is 33.7 Å². The van der Waals surface area contributed by atoms with Crippen molar-refractivity contribution in [3.05, 3.63) is 41.2 Å². The molecule has 0 fully saturated rings. The largest absolute Gasteiger partial charge is 0.491 e. The van der Waals surface area contributed by atoms with Gasteiger partial charge in [-0.05, 0) is 39.8 Å². The highest BCUT2D eigenvalue weighted by molar-refractivity contribution is 5.77. The highest BCUT2D eigenvalue weighted by Crippen LogP contribution is 2.21. The Balaban J connectivity index is 1.76. The van der Waals surface area contributed by atoms with Gasteiger partial charge >= 0.3 is 0 Å². The monoisotopic (exact) mass is 331 g/mol. The lowest BCUT2D eigenvalue weighted by molar-refractivity contribution is -0.123. The Morgan fingerprint density at radius 1 is 1.21 bits per heavy atom. The molecule has 130 valence electrons. The fourth-order valence-electron chi connectivity index (χ4n) is 2.31. The van der Waals surface area contributed by atoms with Crippen LogP contribution in [0.5, 0.6) is 11.5 Å². The van der Waals surface area contributed by atoms with Gasteiger partial charge in [0, 0.05) is 7.05 Å². The number of aromatic nitrogens is 2. The first-order valence-electron chi connectivity index (χ1n) is 7.98. The third-order valence-corrected chi connectivity index (χ3v) is 3.72. The van der Waals surface area contributed by atoms with Gasteiger partial charge in [-0.3, -0.25) is 9.48 Å². The van der Waals surface area contributed by atoms with Gasteiger partial charge in [-0.1, -0.05) is 17.7 Å². The number of aryl methyl sites for hydroxylation is 3. The third-order valence-electron chi connectivity index (χ3n) is 3.72. The molecule has 0 spiro atoms. The molecule has 1 atom stereocenters. The topological polar surface area (TPSA) is 65.4 Å². The number of nitrogens with one attached hydrogen (secondary N) is 1. The van der Waals surface area contributed by atoms with E-state index in [9.17, 15) is 4.79 Å². The Bertz CT molecular complexity index is 692. The Morgan fingerprint density at radius 3 is 2.46 bits per heavy atom. The molecule has 1 heterocycles. The van der Waals surface area contributed by atoms with Crippen LogP contribution < -0.4 is 14.8 Å². The van der Waals surface area contributed by atoms with Gasteiger partial charge < -0.3 is 14.8 Å². The Morgan fingerprint density at radius 2 is 1.88 bits per heavy atom. The maximum absolute atomic E-state index is 12.0. The molecule has 24 heavy (non-hydrogen) atoms. The van der Waals surface area contributed by atoms with Crippen LogP contribution in [0.25, 0.3) is 0 Å². The van der Waals surface area contributed by atoms with Crippen LogP contribution in [0.15, 0.2) is 24.3 Å². The standard InChI is InChI=1S/C18H25N3O3/c1-12-6-8-16(9-7-12)23-10-13(2)19-17(22)11-24-18-14(3)20-21(5)15(18)4/h6-9,13H,10-11H2,1-5H3,(H,19,22). The van der Waals surface area contributed by atoms with Crippen molar-refractivity contribution in [2.75, 3.05) is 13.2 Å². The normalized spacial score (nSPS) is 11.9. The van der Waals surface area contributed by atoms with Gasteiger partial charge in [0.1, 0.15) is 18.1 Å². The number of benzene rings is 1. The Kier molecular flexibility index (Phi) is 5.84. The highest BCUT2D eigenvalue weighted by atomic mass is 16.5. The molecule has 6 nitrogen and oxygen atoms in total. The Labute approximate surface area is 142 Å². The fraction of sp³-hybridized carbons (Fsp3) is 0.444. The van der Waals surface area contributed by atoms with Crippen LogP contribution in [0, 0.1) is 20.8 Å². The first-order valence-corrected chi connectivity index (χ1v) is 7.98. The predicted octanol–water partition coefficient (Wildman–Crippen LogP) is 2.31. The van der Waals surface area contributed by atoms with E-state index >= 15 is 0 Å². The summed E-state index contributed by atoms with van der Waals surface area (Å²) < 4.78 is 13.0. The second-order valence-corrected chi connectivity index (χ2v) is 6.00. The van der Waals surface area contributed by atoms with Crippen molar-refractivity contribution in [1.29, 1.82) is 0 Å². The summed E-state index contributed by atoms with van der Waals surface area (Å²) in [7, 11) is 1.85. The molecule has 0 aliphatic carbocycles. The molecular weight excluding hydrogens is 306 g/mol. The zero-order valence-electron chi connectivity index (χ0n) is 14.9. The summed E-state index contributed by atoms with van der Waals surface area (Å²) in [5.41, 5.74) is 2.86. The van der Waals surface area contributed by atoms with E-state index in [0.29, 0.717) is 12.4 Å². The van der Waals surface area contributed by atoms with E-state index in [1.807, 2.05) is 59.0 Å². The zero-order chi connectivity index (χ0) is 17.7. The molecule has 0 aliphatic heterocycles. The number of hydrogen-bond acceptors (Lipinski definition) is 4. The molecule has 1 aromatic heterocycles. The van der Waals surface area contributed by atoms with Crippen molar-refractivity contribution in [3.8, 4) is 11.5 Å². The van der Waals surface area contributed by atoms with Crippen molar-refractivity contribution in [2.24, 2.45) is 7.05 Å². The molecule has 1 aromatic carbocycles. The van der Waals surface area contributed by atoms with E-state index < -0.39 is 0 Å². The second kappa shape index (κ2) is 7.86. The van der Waals surface area contributed by atoms with Crippen molar-refractivity contribution in [1.82, 2.24) is 15.1 Å². The minimum atomic E-state index is -0.183. The summed E-state index contributed by atoms with van der Waals surface area (Å²) in [6.45, 7) is 8.05. The first-order chi connectivity index (χ1) is 11.4. The van der Waals surface area contributed by atoms with Crippen LogP contribution in [0.2, 0.25) is 0 Å². The van der Waals surface area contributed by atoms with Crippen LogP contribution >= 0.6 is 0 Å². The summed E-state index contributed by atoms with van der Waals surface area (Å²) >= 11 is 0. The van der Waals surface area contributed by atoms with Crippen LogP contribution in [0.4, 0.5) is 0 Å². The molecule has 1 N–H and O–H groups in total. The fourth-order valence-corrected chi connectivity index (χ4v) is 2.31. The maximum atomic E-state index is 12.0. The highest BCUT2D eigenvalue weighted by Gasteiger charge is 2.14. The van der Waals surface area contributed by atoms with Gasteiger partial charge in [-0.25, -0.2) is 0 Å². The number of carbonyl (C=O) groups is 1. The molecule has 1 unspecified atom stereocenters. The number of amides is 1. The number of hydrogen-bond donors (Lipinski definition) is 1. The molecule has 0 aliphatic rings. The molecular formula is C18H25N3O3. The number of ether oxygens (including phenoxy) is 2. The van der Waals surface area contributed by atoms with Crippen LogP contribution in [0.3, 0.4) is 0 Å². The molecule has 2 rings (SSSR count). The number of carbonyl (C=O) groups excluding carboxylic acids is 1. The summed E-state index contributed by atoms with van der Waals surface area (Å²) in [6.07, 6.45) is 0. The van der Waals surface area contributed by atoms with Gasteiger partial charge in [-0.2, -0.15) is 5.10 Å². The van der Waals surface area contributed by atoms with E-state index in [4.69, 9.17) is 9.47 Å². The first kappa shape index (κ1) is 17.8. The van der Waals surface area contributed by atoms with Crippen LogP contribution in [0.1, 0.15) is 23.9 Å². The number of nitrogens with zero attached hydrogens (tertiary/aromatic N) is 2. The van der Waals surface area contributed by atoms with Crippen molar-refractivity contribution in [3.63, 3.8) is 0 Å². The lowest BCUT2D eigenvalue weighted by atomic mass is 10.2. The lowest BCUT2D eigenvalue weighted by Gasteiger charge is -2.15. The molecule has 0 saturated heterocycles. The summed E-state index contributed by atoms with van der Waals surface area (Å²) in [5, 5.41) is 7.12. The van der Waals surface area contributed by atoms with Gasteiger partial charge in [-0.15, -0.1) is 0 Å². The molecule has 6 heteroatoms. The molecule has 0 radical (unpaired) electrons. The Hall–Kier alpha value is -2.50. The third kappa shape index (κ3) is 4.75. The number of rotatable bonds is 7. The molecule has 1 amide bonds. The summed E-state index contributed by atoms with van der Waals surface area (Å²) in [5.74, 6) is 1.27. The van der Waals surface area contributed by atoms with Crippen molar-refractivity contribution >= 4 is 5.91 Å². The van der Waals surface area contributed by atoms with Gasteiger partial charge in [0.25, 0.3) is 5.91 Å². The van der Waals surface area contributed by atoms with Crippen LogP contribution in [-0.2, 0) is 11.8 Å². The average Bonchev–Trinajstić information content (AvgIpc) is 2.77. The minimum absolute atomic E-state index is 0.0394. The summed E-state index contributed by atoms with van der Waals surface area (Å²) in [6, 6.07) is 7.70. The van der Waals surface area contributed by atoms with Gasteiger partial charge in [0.05, 0.1) is 11.7 Å². The average molecular weight is 331 g/mol. The maximum Gasteiger partial charge on any atom is 0.258 e. The molecule has 0 bridgehead atoms. The van der Waals surface area contributed by atoms with Crippen LogP contribution in [-0.4, -0.2) is 34.9 Å². The van der Waals surface area contributed by atoms with Crippen molar-refractivity contribution < 1.29 is 14.3 Å².